The van der Waals surface area contributed by atoms with E-state index in [1.807, 2.05) is 13.8 Å². The van der Waals surface area contributed by atoms with Gasteiger partial charge in [-0.15, -0.1) is 0 Å². The van der Waals surface area contributed by atoms with Crippen molar-refractivity contribution < 1.29 is 14.7 Å². The predicted molar refractivity (Wildman–Crippen MR) is 69.8 cm³/mol. The van der Waals surface area contributed by atoms with Crippen molar-refractivity contribution in [2.24, 2.45) is 0 Å². The lowest BCUT2D eigenvalue weighted by Crippen LogP contribution is -2.34. The maximum absolute atomic E-state index is 11.8. The molecule has 0 atom stereocenters. The summed E-state index contributed by atoms with van der Waals surface area (Å²) in [5, 5.41) is 11.6. The first-order valence-corrected chi connectivity index (χ1v) is 5.68. The number of hydrogen-bond donors (Lipinski definition) is 3. The van der Waals surface area contributed by atoms with E-state index in [0.29, 0.717) is 18.8 Å². The lowest BCUT2D eigenvalue weighted by atomic mass is 10.1. The van der Waals surface area contributed by atoms with Crippen molar-refractivity contribution >= 4 is 23.4 Å². The zero-order valence-corrected chi connectivity index (χ0v) is 10.4. The maximum Gasteiger partial charge on any atom is 0.337 e. The fourth-order valence-electron chi connectivity index (χ4n) is 1.55. The summed E-state index contributed by atoms with van der Waals surface area (Å²) in [5.74, 6) is -1.13. The summed E-state index contributed by atoms with van der Waals surface area (Å²) >= 11 is 0. The number of carbonyl (C=O) groups is 2. The van der Waals surface area contributed by atoms with Crippen molar-refractivity contribution in [2.75, 3.05) is 24.1 Å². The van der Waals surface area contributed by atoms with Crippen LogP contribution in [0.25, 0.3) is 0 Å². The largest absolute Gasteiger partial charge is 0.478 e. The molecule has 6 heteroatoms. The van der Waals surface area contributed by atoms with Crippen LogP contribution < -0.4 is 11.1 Å². The molecule has 1 rings (SSSR count). The first-order chi connectivity index (χ1) is 8.49. The average Bonchev–Trinajstić information content (AvgIpc) is 2.32. The summed E-state index contributed by atoms with van der Waals surface area (Å²) in [7, 11) is 0. The number of amides is 2. The molecule has 0 saturated heterocycles. The highest BCUT2D eigenvalue weighted by Crippen LogP contribution is 2.19. The van der Waals surface area contributed by atoms with E-state index in [-0.39, 0.29) is 17.3 Å². The first kappa shape index (κ1) is 13.8. The van der Waals surface area contributed by atoms with E-state index in [4.69, 9.17) is 10.8 Å². The summed E-state index contributed by atoms with van der Waals surface area (Å²) in [6, 6.07) is 4.03. The van der Waals surface area contributed by atoms with Gasteiger partial charge in [-0.25, -0.2) is 9.59 Å². The van der Waals surface area contributed by atoms with Gasteiger partial charge in [0, 0.05) is 18.8 Å². The number of carbonyl (C=O) groups excluding carboxylic acids is 1. The fourth-order valence-corrected chi connectivity index (χ4v) is 1.55. The second-order valence-electron chi connectivity index (χ2n) is 3.71. The summed E-state index contributed by atoms with van der Waals surface area (Å²) in [6.45, 7) is 4.81. The topological polar surface area (TPSA) is 95.7 Å². The Labute approximate surface area is 105 Å². The minimum atomic E-state index is -1.13. The van der Waals surface area contributed by atoms with E-state index in [1.165, 1.54) is 12.1 Å². The number of anilines is 2. The Morgan fingerprint density at radius 1 is 1.33 bits per heavy atom. The second-order valence-corrected chi connectivity index (χ2v) is 3.71. The lowest BCUT2D eigenvalue weighted by molar-refractivity contribution is 0.0698. The molecule has 18 heavy (non-hydrogen) atoms. The number of nitrogens with one attached hydrogen (secondary N) is 1. The summed E-state index contributed by atoms with van der Waals surface area (Å²) < 4.78 is 0. The standard InChI is InChI=1S/C12H17N3O3/c1-3-15(4-2)12(18)14-10-6-5-8(13)7-9(10)11(16)17/h5-7H,3-4,13H2,1-2H3,(H,14,18)(H,16,17). The third kappa shape index (κ3) is 3.13. The van der Waals surface area contributed by atoms with Crippen molar-refractivity contribution in [3.8, 4) is 0 Å². The Morgan fingerprint density at radius 2 is 1.94 bits per heavy atom. The molecule has 1 aromatic rings. The van der Waals surface area contributed by atoms with E-state index < -0.39 is 5.97 Å². The van der Waals surface area contributed by atoms with Crippen molar-refractivity contribution in [1.29, 1.82) is 0 Å². The van der Waals surface area contributed by atoms with Crippen LogP contribution in [0.1, 0.15) is 24.2 Å². The monoisotopic (exact) mass is 251 g/mol. The lowest BCUT2D eigenvalue weighted by Gasteiger charge is -2.20. The van der Waals surface area contributed by atoms with Crippen LogP contribution in [0.15, 0.2) is 18.2 Å². The quantitative estimate of drug-likeness (QED) is 0.711. The number of aromatic carboxylic acids is 1. The number of nitrogens with two attached hydrogens (primary N) is 1. The minimum Gasteiger partial charge on any atom is -0.478 e. The van der Waals surface area contributed by atoms with Gasteiger partial charge in [-0.3, -0.25) is 0 Å². The van der Waals surface area contributed by atoms with Crippen LogP contribution in [0.5, 0.6) is 0 Å². The molecule has 6 nitrogen and oxygen atoms in total. The number of rotatable bonds is 4. The molecule has 0 bridgehead atoms. The third-order valence-electron chi connectivity index (χ3n) is 2.57. The van der Waals surface area contributed by atoms with Crippen LogP contribution in [0.3, 0.4) is 0 Å². The average molecular weight is 251 g/mol. The SMILES string of the molecule is CCN(CC)C(=O)Nc1ccc(N)cc1C(=O)O. The number of hydrogen-bond acceptors (Lipinski definition) is 3. The highest BCUT2D eigenvalue weighted by atomic mass is 16.4. The van der Waals surface area contributed by atoms with Crippen LogP contribution in [0, 0.1) is 0 Å². The zero-order chi connectivity index (χ0) is 13.7. The van der Waals surface area contributed by atoms with Crippen molar-refractivity contribution in [3.05, 3.63) is 23.8 Å². The van der Waals surface area contributed by atoms with Gasteiger partial charge in [-0.05, 0) is 32.0 Å². The Bertz CT molecular complexity index is 456. The molecule has 0 radical (unpaired) electrons. The van der Waals surface area contributed by atoms with Gasteiger partial charge in [0.05, 0.1) is 11.3 Å². The predicted octanol–water partition coefficient (Wildman–Crippen LogP) is 1.84. The van der Waals surface area contributed by atoms with Gasteiger partial charge in [0.2, 0.25) is 0 Å². The number of carboxylic acid groups (broad SMARTS) is 1. The third-order valence-corrected chi connectivity index (χ3v) is 2.57. The molecular formula is C12H17N3O3. The summed E-state index contributed by atoms with van der Waals surface area (Å²) in [6.07, 6.45) is 0. The molecule has 98 valence electrons. The van der Waals surface area contributed by atoms with Gasteiger partial charge in [0.25, 0.3) is 0 Å². The van der Waals surface area contributed by atoms with Gasteiger partial charge < -0.3 is 21.1 Å². The van der Waals surface area contributed by atoms with Gasteiger partial charge in [0.1, 0.15) is 0 Å². The second kappa shape index (κ2) is 5.90. The van der Waals surface area contributed by atoms with Gasteiger partial charge in [0.15, 0.2) is 0 Å². The molecule has 4 N–H and O–H groups in total. The van der Waals surface area contributed by atoms with Crippen LogP contribution in [-0.4, -0.2) is 35.1 Å². The molecule has 0 aliphatic heterocycles. The molecule has 0 saturated carbocycles. The molecule has 0 unspecified atom stereocenters. The maximum atomic E-state index is 11.8. The molecule has 2 amide bonds. The van der Waals surface area contributed by atoms with Gasteiger partial charge in [-0.1, -0.05) is 0 Å². The Hall–Kier alpha value is -2.24. The van der Waals surface area contributed by atoms with Gasteiger partial charge in [-0.2, -0.15) is 0 Å². The number of nitrogen functional groups attached to an aromatic ring is 1. The van der Waals surface area contributed by atoms with Crippen LogP contribution >= 0.6 is 0 Å². The van der Waals surface area contributed by atoms with E-state index in [9.17, 15) is 9.59 Å². The first-order valence-electron chi connectivity index (χ1n) is 5.68. The molecule has 0 aromatic heterocycles. The van der Waals surface area contributed by atoms with E-state index in [1.54, 1.807) is 11.0 Å². The number of carboxylic acids is 1. The Kier molecular flexibility index (Phi) is 4.53. The Balaban J connectivity index is 2.97. The molecule has 0 aliphatic carbocycles. The molecule has 1 aromatic carbocycles. The molecular weight excluding hydrogens is 234 g/mol. The summed E-state index contributed by atoms with van der Waals surface area (Å²) in [4.78, 5) is 24.4. The molecule has 0 fully saturated rings. The Morgan fingerprint density at radius 3 is 2.44 bits per heavy atom. The molecule has 0 heterocycles. The number of benzene rings is 1. The van der Waals surface area contributed by atoms with Crippen molar-refractivity contribution in [1.82, 2.24) is 4.90 Å². The highest BCUT2D eigenvalue weighted by molar-refractivity contribution is 6.00. The van der Waals surface area contributed by atoms with Crippen molar-refractivity contribution in [2.45, 2.75) is 13.8 Å². The molecule has 0 spiro atoms. The smallest absolute Gasteiger partial charge is 0.337 e. The normalized spacial score (nSPS) is 9.89. The van der Waals surface area contributed by atoms with E-state index in [0.717, 1.165) is 0 Å². The van der Waals surface area contributed by atoms with E-state index >= 15 is 0 Å². The zero-order valence-electron chi connectivity index (χ0n) is 10.4. The van der Waals surface area contributed by atoms with Gasteiger partial charge >= 0.3 is 12.0 Å². The fraction of sp³-hybridized carbons (Fsp3) is 0.333. The minimum absolute atomic E-state index is 0.0180. The van der Waals surface area contributed by atoms with Crippen LogP contribution in [0.2, 0.25) is 0 Å². The highest BCUT2D eigenvalue weighted by Gasteiger charge is 2.15. The molecule has 0 aliphatic rings. The van der Waals surface area contributed by atoms with Crippen LogP contribution in [-0.2, 0) is 0 Å². The number of nitrogens with zero attached hydrogens (tertiary/aromatic N) is 1. The van der Waals surface area contributed by atoms with Crippen LogP contribution in [0.4, 0.5) is 16.2 Å². The van der Waals surface area contributed by atoms with E-state index in [2.05, 4.69) is 5.32 Å². The van der Waals surface area contributed by atoms with Crippen molar-refractivity contribution in [3.63, 3.8) is 0 Å². The summed E-state index contributed by atoms with van der Waals surface area (Å²) in [5.41, 5.74) is 6.09. The number of urea groups is 1.